The van der Waals surface area contributed by atoms with Gasteiger partial charge in [-0.1, -0.05) is 36.4 Å². The van der Waals surface area contributed by atoms with Crippen LogP contribution in [0.4, 0.5) is 0 Å². The van der Waals surface area contributed by atoms with Gasteiger partial charge in [-0.15, -0.1) is 0 Å². The quantitative estimate of drug-likeness (QED) is 0.581. The third kappa shape index (κ3) is 3.32. The van der Waals surface area contributed by atoms with E-state index in [0.29, 0.717) is 5.56 Å². The van der Waals surface area contributed by atoms with Gasteiger partial charge >= 0.3 is 0 Å². The number of carbonyl (C=O) groups is 1. The molecule has 4 rings (SSSR count). The summed E-state index contributed by atoms with van der Waals surface area (Å²) in [5.41, 5.74) is 3.34. The van der Waals surface area contributed by atoms with Gasteiger partial charge in [0.15, 0.2) is 0 Å². The third-order valence-corrected chi connectivity index (χ3v) is 4.74. The second-order valence-electron chi connectivity index (χ2n) is 6.61. The molecule has 0 aliphatic heterocycles. The average molecular weight is 371 g/mol. The van der Waals surface area contributed by atoms with Crippen molar-refractivity contribution in [2.45, 2.75) is 13.0 Å². The van der Waals surface area contributed by atoms with Gasteiger partial charge in [-0.05, 0) is 30.7 Å². The van der Waals surface area contributed by atoms with Crippen LogP contribution in [0.1, 0.15) is 28.9 Å². The molecule has 28 heavy (non-hydrogen) atoms. The van der Waals surface area contributed by atoms with Gasteiger partial charge in [0, 0.05) is 37.4 Å². The highest BCUT2D eigenvalue weighted by Gasteiger charge is 2.19. The number of nitrogens with zero attached hydrogens (tertiary/aromatic N) is 4. The Kier molecular flexibility index (Phi) is 4.76. The van der Waals surface area contributed by atoms with E-state index in [1.54, 1.807) is 17.1 Å². The topological polar surface area (TPSA) is 64.7 Å². The van der Waals surface area contributed by atoms with Gasteiger partial charge in [-0.2, -0.15) is 5.10 Å². The normalized spacial score (nSPS) is 11.9. The summed E-state index contributed by atoms with van der Waals surface area (Å²) in [7, 11) is 1.92. The van der Waals surface area contributed by atoms with Gasteiger partial charge in [0.2, 0.25) is 0 Å². The fourth-order valence-electron chi connectivity index (χ4n) is 3.33. The lowest BCUT2D eigenvalue weighted by atomic mass is 10.0. The molecule has 1 unspecified atom stereocenters. The van der Waals surface area contributed by atoms with Crippen LogP contribution in [0.3, 0.4) is 0 Å². The Bertz CT molecular complexity index is 1100. The standard InChI is InChI=1S/C22H21N5O/c1-16(17-8-5-6-11-20(17)27-14-7-12-24-27)25-22(28)19-10-4-3-9-18(19)21-23-13-15-26(21)2/h3-16H,1-2H3,(H,25,28). The fraction of sp³-hybridized carbons (Fsp3) is 0.136. The van der Waals surface area contributed by atoms with Crippen molar-refractivity contribution in [1.82, 2.24) is 24.6 Å². The van der Waals surface area contributed by atoms with Crippen molar-refractivity contribution < 1.29 is 4.79 Å². The molecule has 0 aliphatic rings. The number of para-hydroxylation sites is 1. The molecule has 6 heteroatoms. The molecule has 0 saturated heterocycles. The Morgan fingerprint density at radius 1 is 1.00 bits per heavy atom. The summed E-state index contributed by atoms with van der Waals surface area (Å²) < 4.78 is 3.71. The maximum absolute atomic E-state index is 13.1. The van der Waals surface area contributed by atoms with E-state index in [4.69, 9.17) is 0 Å². The first-order chi connectivity index (χ1) is 13.6. The first-order valence-electron chi connectivity index (χ1n) is 9.11. The van der Waals surface area contributed by atoms with Crippen molar-refractivity contribution in [3.8, 4) is 17.1 Å². The number of nitrogens with one attached hydrogen (secondary N) is 1. The highest BCUT2D eigenvalue weighted by Crippen LogP contribution is 2.24. The summed E-state index contributed by atoms with van der Waals surface area (Å²) in [6, 6.07) is 17.1. The smallest absolute Gasteiger partial charge is 0.252 e. The molecule has 0 spiro atoms. The van der Waals surface area contributed by atoms with Crippen LogP contribution < -0.4 is 5.32 Å². The average Bonchev–Trinajstić information content (AvgIpc) is 3.39. The van der Waals surface area contributed by atoms with E-state index < -0.39 is 0 Å². The van der Waals surface area contributed by atoms with Gasteiger partial charge in [-0.25, -0.2) is 9.67 Å². The molecule has 2 aromatic heterocycles. The lowest BCUT2D eigenvalue weighted by molar-refractivity contribution is 0.0940. The van der Waals surface area contributed by atoms with E-state index in [2.05, 4.69) is 15.4 Å². The van der Waals surface area contributed by atoms with E-state index >= 15 is 0 Å². The molecule has 2 aromatic carbocycles. The summed E-state index contributed by atoms with van der Waals surface area (Å²) in [5, 5.41) is 7.44. The molecule has 0 fully saturated rings. The minimum Gasteiger partial charge on any atom is -0.345 e. The van der Waals surface area contributed by atoms with Gasteiger partial charge in [0.05, 0.1) is 17.3 Å². The predicted molar refractivity (Wildman–Crippen MR) is 108 cm³/mol. The van der Waals surface area contributed by atoms with Crippen LogP contribution in [-0.4, -0.2) is 25.2 Å². The molecule has 2 heterocycles. The van der Waals surface area contributed by atoms with Gasteiger partial charge < -0.3 is 9.88 Å². The largest absolute Gasteiger partial charge is 0.345 e. The Labute approximate surface area is 163 Å². The number of hydrogen-bond acceptors (Lipinski definition) is 3. The first kappa shape index (κ1) is 17.7. The molecule has 1 atom stereocenters. The number of rotatable bonds is 5. The molecule has 0 bridgehead atoms. The predicted octanol–water partition coefficient (Wildman–Crippen LogP) is 3.76. The maximum Gasteiger partial charge on any atom is 0.252 e. The highest BCUT2D eigenvalue weighted by molar-refractivity contribution is 6.00. The van der Waals surface area contributed by atoms with Crippen LogP contribution in [-0.2, 0) is 7.05 Å². The van der Waals surface area contributed by atoms with Crippen molar-refractivity contribution in [2.24, 2.45) is 7.05 Å². The van der Waals surface area contributed by atoms with E-state index in [-0.39, 0.29) is 11.9 Å². The van der Waals surface area contributed by atoms with E-state index in [9.17, 15) is 4.79 Å². The number of carbonyl (C=O) groups excluding carboxylic acids is 1. The van der Waals surface area contributed by atoms with Gasteiger partial charge in [-0.3, -0.25) is 4.79 Å². The number of aromatic nitrogens is 4. The van der Waals surface area contributed by atoms with Crippen LogP contribution in [0.2, 0.25) is 0 Å². The zero-order valence-electron chi connectivity index (χ0n) is 15.8. The van der Waals surface area contributed by atoms with Gasteiger partial charge in [0.25, 0.3) is 5.91 Å². The van der Waals surface area contributed by atoms with E-state index in [0.717, 1.165) is 22.6 Å². The van der Waals surface area contributed by atoms with E-state index in [1.165, 1.54) is 0 Å². The number of hydrogen-bond donors (Lipinski definition) is 1. The third-order valence-electron chi connectivity index (χ3n) is 4.74. The van der Waals surface area contributed by atoms with Gasteiger partial charge in [0.1, 0.15) is 5.82 Å². The van der Waals surface area contributed by atoms with Crippen LogP contribution in [0.15, 0.2) is 79.4 Å². The lowest BCUT2D eigenvalue weighted by Crippen LogP contribution is -2.28. The van der Waals surface area contributed by atoms with Crippen molar-refractivity contribution in [2.75, 3.05) is 0 Å². The Morgan fingerprint density at radius 3 is 2.54 bits per heavy atom. The highest BCUT2D eigenvalue weighted by atomic mass is 16.1. The second kappa shape index (κ2) is 7.52. The zero-order chi connectivity index (χ0) is 19.5. The summed E-state index contributed by atoms with van der Waals surface area (Å²) in [5.74, 6) is 0.622. The molecule has 6 nitrogen and oxygen atoms in total. The number of benzene rings is 2. The molecule has 0 saturated carbocycles. The minimum absolute atomic E-state index is 0.138. The molecule has 1 N–H and O–H groups in total. The molecule has 0 radical (unpaired) electrons. The summed E-state index contributed by atoms with van der Waals surface area (Å²) >= 11 is 0. The monoisotopic (exact) mass is 371 g/mol. The molecule has 4 aromatic rings. The summed E-state index contributed by atoms with van der Waals surface area (Å²) in [6.45, 7) is 1.98. The summed E-state index contributed by atoms with van der Waals surface area (Å²) in [4.78, 5) is 17.5. The number of imidazole rings is 1. The SMILES string of the molecule is CC(NC(=O)c1ccccc1-c1nccn1C)c1ccccc1-n1cccn1. The van der Waals surface area contributed by atoms with Crippen molar-refractivity contribution in [3.05, 3.63) is 90.5 Å². The van der Waals surface area contributed by atoms with Crippen LogP contribution in [0, 0.1) is 0 Å². The lowest BCUT2D eigenvalue weighted by Gasteiger charge is -2.19. The molecule has 140 valence electrons. The molecular weight excluding hydrogens is 350 g/mol. The summed E-state index contributed by atoms with van der Waals surface area (Å²) in [6.07, 6.45) is 7.23. The van der Waals surface area contributed by atoms with Crippen molar-refractivity contribution in [3.63, 3.8) is 0 Å². The second-order valence-corrected chi connectivity index (χ2v) is 6.61. The maximum atomic E-state index is 13.1. The Balaban J connectivity index is 1.64. The minimum atomic E-state index is -0.192. The Morgan fingerprint density at radius 2 is 1.79 bits per heavy atom. The van der Waals surface area contributed by atoms with Crippen molar-refractivity contribution in [1.29, 1.82) is 0 Å². The number of amides is 1. The van der Waals surface area contributed by atoms with E-state index in [1.807, 2.05) is 85.5 Å². The van der Waals surface area contributed by atoms with Crippen LogP contribution in [0.25, 0.3) is 17.1 Å². The zero-order valence-corrected chi connectivity index (χ0v) is 15.8. The number of aryl methyl sites for hydroxylation is 1. The first-order valence-corrected chi connectivity index (χ1v) is 9.11. The molecule has 1 amide bonds. The molecular formula is C22H21N5O. The van der Waals surface area contributed by atoms with Crippen molar-refractivity contribution >= 4 is 5.91 Å². The fourth-order valence-corrected chi connectivity index (χ4v) is 3.33. The van der Waals surface area contributed by atoms with Crippen LogP contribution in [0.5, 0.6) is 0 Å². The molecule has 0 aliphatic carbocycles. The Hall–Kier alpha value is -3.67. The van der Waals surface area contributed by atoms with Crippen LogP contribution >= 0.6 is 0 Å².